The summed E-state index contributed by atoms with van der Waals surface area (Å²) in [5.74, 6) is -2.33. The summed E-state index contributed by atoms with van der Waals surface area (Å²) < 4.78 is 27.0. The lowest BCUT2D eigenvalue weighted by Crippen LogP contribution is -2.40. The minimum absolute atomic E-state index is 0.0659. The Balaban J connectivity index is 2.02. The van der Waals surface area contributed by atoms with Gasteiger partial charge in [0, 0.05) is 23.8 Å². The van der Waals surface area contributed by atoms with E-state index in [9.17, 15) is 24.4 Å². The Bertz CT molecular complexity index is 975. The highest BCUT2D eigenvalue weighted by molar-refractivity contribution is 6.48. The first kappa shape index (κ1) is 23.2. The van der Waals surface area contributed by atoms with Crippen molar-refractivity contribution in [3.63, 3.8) is 0 Å². The molecular weight excluding hydrogens is 449 g/mol. The van der Waals surface area contributed by atoms with Gasteiger partial charge in [0.2, 0.25) is 11.7 Å². The molecule has 0 spiro atoms. The first-order valence-electron chi connectivity index (χ1n) is 8.02. The maximum absolute atomic E-state index is 13.6. The number of anilines is 1. The average molecular weight is 463 g/mol. The number of halogens is 4. The van der Waals surface area contributed by atoms with Crippen LogP contribution in [-0.4, -0.2) is 28.3 Å². The molecule has 10 nitrogen and oxygen atoms in total. The van der Waals surface area contributed by atoms with E-state index in [-0.39, 0.29) is 45.8 Å². The van der Waals surface area contributed by atoms with E-state index >= 15 is 0 Å². The molecule has 162 valence electrons. The summed E-state index contributed by atoms with van der Waals surface area (Å²) in [6.45, 7) is -0.104. The number of allylic oxidation sites excluding steroid dienone is 5. The summed E-state index contributed by atoms with van der Waals surface area (Å²) in [5.41, 5.74) is 9.36. The maximum atomic E-state index is 13.6. The standard InChI is InChI=1S/C16H14Cl2F2N6O4/c17-10-3-9(14(25(27)28)12(18)5-10)7-23-24-16(21)22-2-1-8-4-11(19)6-13(20)15(8)26(29)30/h3-7,23,29H,1-2H2,(H3-,21,22,24,27,28)/q-2. The van der Waals surface area contributed by atoms with Crippen LogP contribution < -0.4 is 21.8 Å². The predicted octanol–water partition coefficient (Wildman–Crippen LogP) is 2.20. The number of hydrogen-bond acceptors (Lipinski definition) is 7. The van der Waals surface area contributed by atoms with Crippen molar-refractivity contribution >= 4 is 40.6 Å². The lowest BCUT2D eigenvalue weighted by molar-refractivity contribution is -0.377. The van der Waals surface area contributed by atoms with Crippen LogP contribution in [0.3, 0.4) is 0 Å². The molecule has 0 heterocycles. The molecule has 0 aliphatic heterocycles. The molecule has 0 saturated carbocycles. The molecule has 1 aromatic rings. The van der Waals surface area contributed by atoms with Gasteiger partial charge in [0.05, 0.1) is 11.3 Å². The molecule has 0 fully saturated rings. The van der Waals surface area contributed by atoms with Gasteiger partial charge >= 0.3 is 0 Å². The average Bonchev–Trinajstić information content (AvgIpc) is 2.59. The number of nitrogens with zero attached hydrogens (tertiary/aromatic N) is 3. The fourth-order valence-corrected chi connectivity index (χ4v) is 3.01. The Labute approximate surface area is 178 Å². The Morgan fingerprint density at radius 2 is 2.00 bits per heavy atom. The van der Waals surface area contributed by atoms with Crippen LogP contribution in [0.1, 0.15) is 5.56 Å². The minimum atomic E-state index is -1.23. The van der Waals surface area contributed by atoms with Crippen LogP contribution >= 0.6 is 23.2 Å². The second-order valence-electron chi connectivity index (χ2n) is 5.68. The molecule has 30 heavy (non-hydrogen) atoms. The van der Waals surface area contributed by atoms with E-state index in [1.165, 1.54) is 18.4 Å². The summed E-state index contributed by atoms with van der Waals surface area (Å²) in [6.07, 6.45) is 3.59. The van der Waals surface area contributed by atoms with Gasteiger partial charge in [0.1, 0.15) is 10.8 Å². The van der Waals surface area contributed by atoms with Gasteiger partial charge in [0.15, 0.2) is 5.82 Å². The van der Waals surface area contributed by atoms with Crippen LogP contribution in [0.2, 0.25) is 0 Å². The SMILES string of the molecule is NC(=NCCc1cc(F)cc(F)c1N([O-])O)NNC=C1C=C(Cl)C=C(Cl)C1=[N+]([O-])[O-]. The van der Waals surface area contributed by atoms with Crippen molar-refractivity contribution < 1.29 is 18.9 Å². The van der Waals surface area contributed by atoms with Crippen LogP contribution in [0, 0.1) is 27.3 Å². The van der Waals surface area contributed by atoms with Crippen LogP contribution in [0.4, 0.5) is 14.5 Å². The molecule has 1 aliphatic rings. The van der Waals surface area contributed by atoms with E-state index in [4.69, 9.17) is 34.1 Å². The summed E-state index contributed by atoms with van der Waals surface area (Å²) in [4.78, 5) is 3.19. The normalized spacial score (nSPS) is 15.6. The quantitative estimate of drug-likeness (QED) is 0.216. The smallest absolute Gasteiger partial charge is 0.250 e. The fraction of sp³-hybridized carbons (Fsp3) is 0.125. The van der Waals surface area contributed by atoms with Gasteiger partial charge in [-0.1, -0.05) is 23.2 Å². The molecular formula is C16H14Cl2F2N6O4-2. The zero-order chi connectivity index (χ0) is 22.4. The van der Waals surface area contributed by atoms with Gasteiger partial charge in [0.25, 0.3) is 0 Å². The molecule has 2 rings (SSSR count). The molecule has 1 aromatic carbocycles. The first-order chi connectivity index (χ1) is 14.1. The maximum Gasteiger partial charge on any atom is 0.250 e. The highest BCUT2D eigenvalue weighted by atomic mass is 35.5. The van der Waals surface area contributed by atoms with Crippen LogP contribution in [0.25, 0.3) is 0 Å². The van der Waals surface area contributed by atoms with Gasteiger partial charge in [-0.2, -0.15) is 4.90 Å². The third kappa shape index (κ3) is 5.97. The lowest BCUT2D eigenvalue weighted by atomic mass is 10.1. The summed E-state index contributed by atoms with van der Waals surface area (Å²) in [7, 11) is 0. The van der Waals surface area contributed by atoms with Gasteiger partial charge < -0.3 is 32.0 Å². The number of hydrazine groups is 1. The van der Waals surface area contributed by atoms with Gasteiger partial charge in [-0.25, -0.2) is 8.78 Å². The molecule has 14 heteroatoms. The third-order valence-corrected chi connectivity index (χ3v) is 4.14. The molecule has 0 radical (unpaired) electrons. The number of rotatable bonds is 6. The van der Waals surface area contributed by atoms with E-state index in [2.05, 4.69) is 15.8 Å². The third-order valence-electron chi connectivity index (χ3n) is 3.63. The number of nitrogens with two attached hydrogens (primary N) is 1. The van der Waals surface area contributed by atoms with Crippen molar-refractivity contribution in [3.8, 4) is 0 Å². The van der Waals surface area contributed by atoms with Crippen molar-refractivity contribution in [2.24, 2.45) is 10.7 Å². The lowest BCUT2D eigenvalue weighted by Gasteiger charge is -2.25. The number of nitrogens with one attached hydrogen (secondary N) is 2. The molecule has 0 bridgehead atoms. The predicted molar refractivity (Wildman–Crippen MR) is 108 cm³/mol. The minimum Gasteiger partial charge on any atom is -0.733 e. The highest BCUT2D eigenvalue weighted by Gasteiger charge is 2.21. The Hall–Kier alpha value is -3.06. The monoisotopic (exact) mass is 462 g/mol. The van der Waals surface area contributed by atoms with Crippen molar-refractivity contribution in [2.75, 3.05) is 11.8 Å². The molecule has 0 saturated heterocycles. The molecule has 0 aromatic heterocycles. The van der Waals surface area contributed by atoms with Crippen LogP contribution in [0.5, 0.6) is 0 Å². The van der Waals surface area contributed by atoms with Crippen LogP contribution in [-0.2, 0) is 6.42 Å². The number of hydrogen-bond donors (Lipinski definition) is 4. The molecule has 0 amide bonds. The van der Waals surface area contributed by atoms with E-state index in [1.54, 1.807) is 0 Å². The summed E-state index contributed by atoms with van der Waals surface area (Å²) >= 11 is 11.6. The largest absolute Gasteiger partial charge is 0.733 e. The highest BCUT2D eigenvalue weighted by Crippen LogP contribution is 2.25. The summed E-state index contributed by atoms with van der Waals surface area (Å²) in [6, 6.07) is 1.34. The van der Waals surface area contributed by atoms with E-state index < -0.39 is 27.5 Å². The molecule has 0 atom stereocenters. The van der Waals surface area contributed by atoms with Gasteiger partial charge in [-0.15, -0.1) is 0 Å². The molecule has 0 unspecified atom stereocenters. The second-order valence-corrected chi connectivity index (χ2v) is 6.53. The Kier molecular flexibility index (Phi) is 7.83. The molecule has 5 N–H and O–H groups in total. The fourth-order valence-electron chi connectivity index (χ4n) is 2.44. The van der Waals surface area contributed by atoms with Crippen molar-refractivity contribution in [3.05, 3.63) is 78.9 Å². The van der Waals surface area contributed by atoms with E-state index in [0.29, 0.717) is 6.07 Å². The van der Waals surface area contributed by atoms with E-state index in [1.807, 2.05) is 0 Å². The second kappa shape index (κ2) is 10.1. The number of benzene rings is 1. The van der Waals surface area contributed by atoms with Crippen molar-refractivity contribution in [2.45, 2.75) is 6.42 Å². The molecule has 1 aliphatic carbocycles. The van der Waals surface area contributed by atoms with E-state index in [0.717, 1.165) is 6.07 Å². The zero-order valence-corrected chi connectivity index (χ0v) is 16.4. The first-order valence-corrected chi connectivity index (χ1v) is 8.78. The van der Waals surface area contributed by atoms with Crippen molar-refractivity contribution in [1.82, 2.24) is 10.9 Å². The number of aliphatic imine (C=N–C) groups is 1. The number of guanidine groups is 1. The van der Waals surface area contributed by atoms with Crippen LogP contribution in [0.15, 0.2) is 51.1 Å². The zero-order valence-electron chi connectivity index (χ0n) is 14.9. The topological polar surface area (TPSA) is 158 Å². The van der Waals surface area contributed by atoms with Gasteiger partial charge in [-0.05, 0) is 30.2 Å². The Morgan fingerprint density at radius 1 is 1.30 bits per heavy atom. The Morgan fingerprint density at radius 3 is 2.63 bits per heavy atom. The van der Waals surface area contributed by atoms with Gasteiger partial charge in [-0.3, -0.25) is 15.6 Å². The van der Waals surface area contributed by atoms with Crippen molar-refractivity contribution in [1.29, 1.82) is 0 Å². The summed E-state index contributed by atoms with van der Waals surface area (Å²) in [5, 5.41) is 41.6.